The molecule has 1 fully saturated rings. The Hall–Kier alpha value is -4.71. The molecule has 5 rings (SSSR count). The second-order valence-electron chi connectivity index (χ2n) is 13.3. The third kappa shape index (κ3) is 7.34. The maximum atomic E-state index is 13.2. The number of hydrogen-bond donors (Lipinski definition) is 3. The van der Waals surface area contributed by atoms with Gasteiger partial charge in [-0.1, -0.05) is 29.4 Å². The zero-order valence-corrected chi connectivity index (χ0v) is 28.7. The Morgan fingerprint density at radius 2 is 1.82 bits per heavy atom. The van der Waals surface area contributed by atoms with Gasteiger partial charge in [0.2, 0.25) is 6.29 Å². The molecule has 0 saturated carbocycles. The van der Waals surface area contributed by atoms with Crippen LogP contribution in [0.5, 0.6) is 17.2 Å². The van der Waals surface area contributed by atoms with E-state index in [1.807, 2.05) is 32.9 Å². The number of phenols is 1. The molecule has 1 aliphatic heterocycles. The molecular weight excluding hydrogens is 632 g/mol. The number of ether oxygens (including phenoxy) is 4. The number of benzene rings is 2. The molecule has 0 unspecified atom stereocenters. The maximum absolute atomic E-state index is 13.2. The third-order valence-electron chi connectivity index (χ3n) is 8.87. The number of rotatable bonds is 10. The summed E-state index contributed by atoms with van der Waals surface area (Å²) in [4.78, 5) is 39.4. The first kappa shape index (κ1) is 35.6. The summed E-state index contributed by atoms with van der Waals surface area (Å²) in [6.07, 6.45) is 1.11. The van der Waals surface area contributed by atoms with Gasteiger partial charge < -0.3 is 38.7 Å². The minimum absolute atomic E-state index is 0.0168. The highest BCUT2D eigenvalue weighted by molar-refractivity contribution is 5.99. The largest absolute Gasteiger partial charge is 0.508 e. The first-order valence-electron chi connectivity index (χ1n) is 16.0. The average Bonchev–Trinajstić information content (AvgIpc) is 3.48. The molecule has 1 saturated heterocycles. The molecule has 260 valence electrons. The van der Waals surface area contributed by atoms with E-state index in [1.165, 1.54) is 31.4 Å². The van der Waals surface area contributed by atoms with Crippen LogP contribution in [0.2, 0.25) is 0 Å². The molecule has 2 aromatic carbocycles. The molecule has 1 aliphatic carbocycles. The van der Waals surface area contributed by atoms with Crippen molar-refractivity contribution in [3.05, 3.63) is 98.0 Å². The number of carbonyl (C=O) groups is 2. The fourth-order valence-corrected chi connectivity index (χ4v) is 6.12. The Labute approximate surface area is 284 Å². The van der Waals surface area contributed by atoms with Gasteiger partial charge in [0.15, 0.2) is 18.0 Å². The molecule has 0 radical (unpaired) electrons. The summed E-state index contributed by atoms with van der Waals surface area (Å²) in [5, 5.41) is 32.9. The zero-order valence-electron chi connectivity index (χ0n) is 28.7. The van der Waals surface area contributed by atoms with Crippen molar-refractivity contribution < 1.29 is 48.3 Å². The molecule has 0 amide bonds. The van der Waals surface area contributed by atoms with Crippen LogP contribution in [0, 0.1) is 6.92 Å². The van der Waals surface area contributed by atoms with Gasteiger partial charge in [-0.2, -0.15) is 0 Å². The molecule has 11 nitrogen and oxygen atoms in total. The predicted molar refractivity (Wildman–Crippen MR) is 181 cm³/mol. The van der Waals surface area contributed by atoms with Crippen LogP contribution in [-0.2, 0) is 31.8 Å². The minimum Gasteiger partial charge on any atom is -0.508 e. The Bertz CT molecular complexity index is 1940. The van der Waals surface area contributed by atoms with Gasteiger partial charge in [0, 0.05) is 36.7 Å². The van der Waals surface area contributed by atoms with Gasteiger partial charge in [0.05, 0.1) is 16.6 Å². The molecule has 2 heterocycles. The number of aliphatic hydroxyl groups is 1. The third-order valence-corrected chi connectivity index (χ3v) is 8.87. The number of aliphatic hydroxyl groups excluding tert-OH is 1. The van der Waals surface area contributed by atoms with E-state index in [0.29, 0.717) is 29.5 Å². The number of methoxy groups -OCH3 is 1. The predicted octanol–water partition coefficient (Wildman–Crippen LogP) is 5.52. The molecule has 1 aromatic heterocycles. The summed E-state index contributed by atoms with van der Waals surface area (Å²) < 4.78 is 29.2. The van der Waals surface area contributed by atoms with Crippen molar-refractivity contribution in [1.29, 1.82) is 0 Å². The van der Waals surface area contributed by atoms with E-state index < -0.39 is 59.8 Å². The maximum Gasteiger partial charge on any atom is 0.343 e. The normalized spacial score (nSPS) is 21.6. The molecule has 11 heteroatoms. The van der Waals surface area contributed by atoms with Gasteiger partial charge in [-0.25, -0.2) is 9.59 Å². The molecule has 3 N–H and O–H groups in total. The number of allylic oxidation sites excluding steroid dienone is 5. The van der Waals surface area contributed by atoms with Crippen molar-refractivity contribution in [3.63, 3.8) is 0 Å². The van der Waals surface area contributed by atoms with Gasteiger partial charge in [0.25, 0.3) is 0 Å². The number of esters is 1. The van der Waals surface area contributed by atoms with E-state index in [0.717, 1.165) is 11.1 Å². The molecular formula is C38H42O11. The lowest BCUT2D eigenvalue weighted by Crippen LogP contribution is -2.65. The van der Waals surface area contributed by atoms with Crippen LogP contribution in [0.25, 0.3) is 11.0 Å². The van der Waals surface area contributed by atoms with E-state index in [1.54, 1.807) is 32.9 Å². The van der Waals surface area contributed by atoms with Crippen LogP contribution in [0.15, 0.2) is 74.5 Å². The fraction of sp³-hybridized carbons (Fsp3) is 0.395. The number of aromatic hydroxyl groups is 2. The highest BCUT2D eigenvalue weighted by Crippen LogP contribution is 2.38. The summed E-state index contributed by atoms with van der Waals surface area (Å²) in [5.74, 6) is -1.21. The molecule has 0 bridgehead atoms. The first-order chi connectivity index (χ1) is 23.1. The van der Waals surface area contributed by atoms with Crippen LogP contribution in [-0.4, -0.2) is 64.4 Å². The molecule has 0 spiro atoms. The SMILES string of the molecule is CO[C@@H]1[C@@H](OC(=O)C2=CC=C(C)C2)[C@@H](O)[C@H](Oc2ccc3c(O)c(CC(=O)c4ccc(O)c(CC=C(C)C)c4)c(=O)oc3c2C)OC1(C)C. The number of fused-ring (bicyclic) bond motifs is 1. The van der Waals surface area contributed by atoms with E-state index >= 15 is 0 Å². The lowest BCUT2D eigenvalue weighted by Gasteiger charge is -2.47. The van der Waals surface area contributed by atoms with Crippen LogP contribution < -0.4 is 10.4 Å². The van der Waals surface area contributed by atoms with Gasteiger partial charge in [-0.15, -0.1) is 0 Å². The molecule has 49 heavy (non-hydrogen) atoms. The molecule has 2 aliphatic rings. The average molecular weight is 675 g/mol. The van der Waals surface area contributed by atoms with Crippen molar-refractivity contribution in [3.8, 4) is 17.2 Å². The summed E-state index contributed by atoms with van der Waals surface area (Å²) in [6, 6.07) is 7.45. The monoisotopic (exact) mass is 674 g/mol. The Balaban J connectivity index is 1.39. The number of carbonyl (C=O) groups excluding carboxylic acids is 2. The van der Waals surface area contributed by atoms with Crippen molar-refractivity contribution in [1.82, 2.24) is 0 Å². The highest BCUT2D eigenvalue weighted by atomic mass is 16.7. The fourth-order valence-electron chi connectivity index (χ4n) is 6.12. The lowest BCUT2D eigenvalue weighted by molar-refractivity contribution is -0.307. The van der Waals surface area contributed by atoms with Gasteiger partial charge in [-0.05, 0) is 83.9 Å². The Kier molecular flexibility index (Phi) is 10.2. The van der Waals surface area contributed by atoms with Crippen molar-refractivity contribution in [2.75, 3.05) is 7.11 Å². The van der Waals surface area contributed by atoms with Crippen molar-refractivity contribution >= 4 is 22.7 Å². The minimum atomic E-state index is -1.47. The standard InChI is InChI=1S/C38H42O11/c1-19(2)8-10-22-17-23(12-14-27(22)39)28(40)18-26-30(41)25-13-15-29(21(4)32(25)47-36(26)44)46-37-31(42)33(34(45-7)38(5,6)49-37)48-35(43)24-11-9-20(3)16-24/h8-9,11-15,17,31,33-34,37,39,41-42H,10,16,18H2,1-7H3/t31-,33+,34-,37-/m1/s1. The number of hydrogen-bond acceptors (Lipinski definition) is 11. The van der Waals surface area contributed by atoms with Crippen LogP contribution in [0.1, 0.15) is 68.1 Å². The topological polar surface area (TPSA) is 162 Å². The molecule has 4 atom stereocenters. The smallest absolute Gasteiger partial charge is 0.343 e. The number of aryl methyl sites for hydroxylation is 1. The number of ketones is 1. The van der Waals surface area contributed by atoms with E-state index in [9.17, 15) is 29.7 Å². The highest BCUT2D eigenvalue weighted by Gasteiger charge is 2.53. The summed E-state index contributed by atoms with van der Waals surface area (Å²) >= 11 is 0. The number of phenolic OH excluding ortho intramolecular Hbond substituents is 1. The Morgan fingerprint density at radius 1 is 1.08 bits per heavy atom. The van der Waals surface area contributed by atoms with E-state index in [-0.39, 0.29) is 33.6 Å². The second kappa shape index (κ2) is 14.0. The summed E-state index contributed by atoms with van der Waals surface area (Å²) in [5.41, 5.74) is 1.50. The summed E-state index contributed by atoms with van der Waals surface area (Å²) in [6.45, 7) is 10.8. The lowest BCUT2D eigenvalue weighted by atomic mass is 9.89. The Morgan fingerprint density at radius 3 is 2.47 bits per heavy atom. The van der Waals surface area contributed by atoms with Crippen LogP contribution in [0.3, 0.4) is 0 Å². The van der Waals surface area contributed by atoms with Gasteiger partial charge >= 0.3 is 11.6 Å². The van der Waals surface area contributed by atoms with Crippen LogP contribution >= 0.6 is 0 Å². The molecule has 3 aromatic rings. The van der Waals surface area contributed by atoms with Crippen molar-refractivity contribution in [2.24, 2.45) is 0 Å². The second-order valence-corrected chi connectivity index (χ2v) is 13.3. The zero-order chi connectivity index (χ0) is 35.8. The van der Waals surface area contributed by atoms with Crippen molar-refractivity contribution in [2.45, 2.75) is 91.0 Å². The van der Waals surface area contributed by atoms with E-state index in [2.05, 4.69) is 0 Å². The van der Waals surface area contributed by atoms with Gasteiger partial charge in [-0.3, -0.25) is 4.79 Å². The van der Waals surface area contributed by atoms with Gasteiger partial charge in [0.1, 0.15) is 28.9 Å². The van der Waals surface area contributed by atoms with E-state index in [4.69, 9.17) is 23.4 Å². The number of Topliss-reactive ketones (excluding diaryl/α,β-unsaturated/α-hetero) is 1. The summed E-state index contributed by atoms with van der Waals surface area (Å²) in [7, 11) is 1.43. The first-order valence-corrected chi connectivity index (χ1v) is 16.0. The van der Waals surface area contributed by atoms with Crippen LogP contribution in [0.4, 0.5) is 0 Å². The quantitative estimate of drug-likeness (QED) is 0.107.